The van der Waals surface area contributed by atoms with Crippen LogP contribution in [0.3, 0.4) is 0 Å². The van der Waals surface area contributed by atoms with Crippen LogP contribution in [0, 0.1) is 17.9 Å². The van der Waals surface area contributed by atoms with Crippen molar-refractivity contribution in [1.29, 1.82) is 5.26 Å². The van der Waals surface area contributed by atoms with Gasteiger partial charge in [-0.25, -0.2) is 4.85 Å². The van der Waals surface area contributed by atoms with E-state index in [1.807, 2.05) is 60.7 Å². The minimum absolute atomic E-state index is 0.569. The lowest BCUT2D eigenvalue weighted by atomic mass is 9.90. The van der Waals surface area contributed by atoms with Crippen LogP contribution in [-0.2, 0) is 0 Å². The predicted molar refractivity (Wildman–Crippen MR) is 197 cm³/mol. The molecule has 0 N–H and O–H groups in total. The van der Waals surface area contributed by atoms with E-state index in [1.54, 1.807) is 0 Å². The van der Waals surface area contributed by atoms with Gasteiger partial charge >= 0.3 is 0 Å². The summed E-state index contributed by atoms with van der Waals surface area (Å²) in [6.07, 6.45) is 0. The van der Waals surface area contributed by atoms with Crippen molar-refractivity contribution in [2.45, 2.75) is 0 Å². The Balaban J connectivity index is 1.33. The van der Waals surface area contributed by atoms with Gasteiger partial charge in [0.25, 0.3) is 0 Å². The molecule has 0 fully saturated rings. The van der Waals surface area contributed by atoms with E-state index in [0.717, 1.165) is 77.2 Å². The van der Waals surface area contributed by atoms with Crippen LogP contribution in [0.4, 0.5) is 5.69 Å². The maximum Gasteiger partial charge on any atom is 0.189 e. The van der Waals surface area contributed by atoms with Gasteiger partial charge in [0.05, 0.1) is 39.9 Å². The monoisotopic (exact) mass is 610 g/mol. The molecule has 0 atom stereocenters. The second-order valence-electron chi connectivity index (χ2n) is 11.9. The first-order valence-electron chi connectivity index (χ1n) is 15.9. The Morgan fingerprint density at radius 2 is 0.875 bits per heavy atom. The van der Waals surface area contributed by atoms with Gasteiger partial charge < -0.3 is 9.13 Å². The van der Waals surface area contributed by atoms with Crippen molar-refractivity contribution >= 4 is 49.3 Å². The number of hydrogen-bond acceptors (Lipinski definition) is 1. The maximum absolute atomic E-state index is 10.9. The Bertz CT molecular complexity index is 2710. The number of rotatable bonds is 4. The van der Waals surface area contributed by atoms with E-state index >= 15 is 0 Å². The Morgan fingerprint density at radius 1 is 0.438 bits per heavy atom. The van der Waals surface area contributed by atoms with Crippen LogP contribution in [0.1, 0.15) is 5.56 Å². The second kappa shape index (κ2) is 10.9. The lowest BCUT2D eigenvalue weighted by Gasteiger charge is -2.19. The van der Waals surface area contributed by atoms with Gasteiger partial charge in [-0.1, -0.05) is 121 Å². The van der Waals surface area contributed by atoms with Crippen LogP contribution >= 0.6 is 0 Å². The van der Waals surface area contributed by atoms with Gasteiger partial charge in [0.2, 0.25) is 0 Å². The molecule has 0 unspecified atom stereocenters. The molecule has 222 valence electrons. The van der Waals surface area contributed by atoms with Gasteiger partial charge in [-0.05, 0) is 47.5 Å². The number of nitriles is 1. The quantitative estimate of drug-likeness (QED) is 0.183. The standard InChI is InChI=1S/C44H26N4/c1-46-29-25-26-37(44(27-29)48-41-22-10-6-17-35(41)36-18-7-11-23-42(36)48)31-14-3-2-13-30(31)32-19-12-24-43(38(32)28-45)47-39-20-8-4-15-33(39)34-16-5-9-21-40(34)47/h2-27H. The van der Waals surface area contributed by atoms with E-state index in [0.29, 0.717) is 11.3 Å². The highest BCUT2D eigenvalue weighted by molar-refractivity contribution is 6.11. The van der Waals surface area contributed by atoms with E-state index in [9.17, 15) is 5.26 Å². The third kappa shape index (κ3) is 4.01. The molecule has 0 bridgehead atoms. The number of para-hydroxylation sites is 4. The first kappa shape index (κ1) is 27.4. The SMILES string of the molecule is [C-]#[N+]c1ccc(-c2ccccc2-c2cccc(-n3c4ccccc4c4ccccc43)c2C#N)c(-n2c3ccccc3c3ccccc32)c1. The third-order valence-corrected chi connectivity index (χ3v) is 9.41. The van der Waals surface area contributed by atoms with Crippen molar-refractivity contribution in [3.63, 3.8) is 0 Å². The zero-order chi connectivity index (χ0) is 32.2. The van der Waals surface area contributed by atoms with Crippen molar-refractivity contribution in [3.05, 3.63) is 175 Å². The lowest BCUT2D eigenvalue weighted by Crippen LogP contribution is -2.01. The number of hydrogen-bond donors (Lipinski definition) is 0. The summed E-state index contributed by atoms with van der Waals surface area (Å²) in [4.78, 5) is 3.82. The summed E-state index contributed by atoms with van der Waals surface area (Å²) in [5.74, 6) is 0. The number of nitrogens with zero attached hydrogens (tertiary/aromatic N) is 4. The minimum atomic E-state index is 0.569. The summed E-state index contributed by atoms with van der Waals surface area (Å²) >= 11 is 0. The first-order chi connectivity index (χ1) is 23.8. The molecule has 48 heavy (non-hydrogen) atoms. The van der Waals surface area contributed by atoms with Gasteiger partial charge in [-0.15, -0.1) is 0 Å². The molecule has 2 aromatic heterocycles. The average molecular weight is 611 g/mol. The summed E-state index contributed by atoms with van der Waals surface area (Å²) < 4.78 is 4.48. The molecule has 0 spiro atoms. The Kier molecular flexibility index (Phi) is 6.22. The van der Waals surface area contributed by atoms with Crippen LogP contribution in [0.2, 0.25) is 0 Å². The number of aromatic nitrogens is 2. The van der Waals surface area contributed by atoms with E-state index in [-0.39, 0.29) is 0 Å². The molecule has 0 aliphatic carbocycles. The van der Waals surface area contributed by atoms with Gasteiger partial charge in [-0.3, -0.25) is 0 Å². The minimum Gasteiger partial charge on any atom is -0.310 e. The lowest BCUT2D eigenvalue weighted by molar-refractivity contribution is 1.17. The van der Waals surface area contributed by atoms with Crippen LogP contribution in [0.15, 0.2) is 158 Å². The van der Waals surface area contributed by atoms with Crippen molar-refractivity contribution in [2.24, 2.45) is 0 Å². The molecular weight excluding hydrogens is 585 g/mol. The second-order valence-corrected chi connectivity index (χ2v) is 11.9. The Morgan fingerprint density at radius 3 is 1.38 bits per heavy atom. The normalized spacial score (nSPS) is 11.3. The molecule has 0 saturated carbocycles. The molecule has 9 rings (SSSR count). The summed E-state index contributed by atoms with van der Waals surface area (Å²) in [6, 6.07) is 56.5. The van der Waals surface area contributed by atoms with Gasteiger partial charge in [0, 0.05) is 38.4 Å². The molecule has 0 amide bonds. The number of fused-ring (bicyclic) bond motifs is 6. The Labute approximate surface area is 277 Å². The molecule has 0 saturated heterocycles. The fraction of sp³-hybridized carbons (Fsp3) is 0. The summed E-state index contributed by atoms with van der Waals surface area (Å²) in [5, 5.41) is 15.5. The van der Waals surface area contributed by atoms with E-state index < -0.39 is 0 Å². The van der Waals surface area contributed by atoms with Crippen molar-refractivity contribution in [3.8, 4) is 39.7 Å². The molecule has 2 heterocycles. The summed E-state index contributed by atoms with van der Waals surface area (Å²) in [7, 11) is 0. The summed E-state index contributed by atoms with van der Waals surface area (Å²) in [5.41, 5.74) is 11.0. The smallest absolute Gasteiger partial charge is 0.189 e. The van der Waals surface area contributed by atoms with E-state index in [4.69, 9.17) is 6.57 Å². The van der Waals surface area contributed by atoms with Crippen molar-refractivity contribution in [2.75, 3.05) is 0 Å². The van der Waals surface area contributed by atoms with Crippen LogP contribution in [-0.4, -0.2) is 9.13 Å². The molecule has 0 aliphatic rings. The largest absolute Gasteiger partial charge is 0.310 e. The van der Waals surface area contributed by atoms with Crippen molar-refractivity contribution < 1.29 is 0 Å². The zero-order valence-corrected chi connectivity index (χ0v) is 25.8. The number of benzene rings is 7. The van der Waals surface area contributed by atoms with Crippen LogP contribution in [0.5, 0.6) is 0 Å². The molecule has 4 nitrogen and oxygen atoms in total. The summed E-state index contributed by atoms with van der Waals surface area (Å²) in [6.45, 7) is 7.88. The molecule has 4 heteroatoms. The molecule has 7 aromatic carbocycles. The first-order valence-corrected chi connectivity index (χ1v) is 15.9. The zero-order valence-electron chi connectivity index (χ0n) is 25.8. The third-order valence-electron chi connectivity index (χ3n) is 9.41. The van der Waals surface area contributed by atoms with Gasteiger partial charge in [-0.2, -0.15) is 5.26 Å². The fourth-order valence-electron chi connectivity index (χ4n) is 7.39. The van der Waals surface area contributed by atoms with E-state index in [2.05, 4.69) is 117 Å². The van der Waals surface area contributed by atoms with Crippen LogP contribution in [0.25, 0.3) is 82.1 Å². The molecule has 0 radical (unpaired) electrons. The van der Waals surface area contributed by atoms with Gasteiger partial charge in [0.1, 0.15) is 6.07 Å². The predicted octanol–water partition coefficient (Wildman–Crippen LogP) is 11.6. The Hall–Kier alpha value is -6.88. The van der Waals surface area contributed by atoms with E-state index in [1.165, 1.54) is 0 Å². The molecular formula is C44H26N4. The van der Waals surface area contributed by atoms with Crippen LogP contribution < -0.4 is 0 Å². The highest BCUT2D eigenvalue weighted by atomic mass is 15.0. The molecule has 0 aliphatic heterocycles. The maximum atomic E-state index is 10.9. The van der Waals surface area contributed by atoms with Crippen molar-refractivity contribution in [1.82, 2.24) is 9.13 Å². The molecule has 9 aromatic rings. The highest BCUT2D eigenvalue weighted by Crippen LogP contribution is 2.43. The van der Waals surface area contributed by atoms with Gasteiger partial charge in [0.15, 0.2) is 5.69 Å². The fourth-order valence-corrected chi connectivity index (χ4v) is 7.39. The highest BCUT2D eigenvalue weighted by Gasteiger charge is 2.21. The average Bonchev–Trinajstić information content (AvgIpc) is 3.67. The topological polar surface area (TPSA) is 38.0 Å².